The number of hydrogen-bond donors (Lipinski definition) is 2. The quantitative estimate of drug-likeness (QED) is 0.807. The zero-order valence-corrected chi connectivity index (χ0v) is 8.60. The SMILES string of the molecule is Cc1cnc(C(=O)Nc2cccc(O)c2)o1. The third kappa shape index (κ3) is 2.20. The van der Waals surface area contributed by atoms with Crippen LogP contribution in [-0.2, 0) is 0 Å². The number of phenols is 1. The maximum Gasteiger partial charge on any atom is 0.311 e. The number of carbonyl (C=O) groups excluding carboxylic acids is 1. The van der Waals surface area contributed by atoms with E-state index < -0.39 is 5.91 Å². The lowest BCUT2D eigenvalue weighted by Gasteiger charge is -2.02. The van der Waals surface area contributed by atoms with Crippen LogP contribution >= 0.6 is 0 Å². The smallest absolute Gasteiger partial charge is 0.311 e. The van der Waals surface area contributed by atoms with Crippen LogP contribution < -0.4 is 5.32 Å². The zero-order valence-electron chi connectivity index (χ0n) is 8.60. The van der Waals surface area contributed by atoms with Crippen molar-refractivity contribution in [3.8, 4) is 5.75 Å². The van der Waals surface area contributed by atoms with Gasteiger partial charge in [-0.25, -0.2) is 4.98 Å². The lowest BCUT2D eigenvalue weighted by Crippen LogP contribution is -2.11. The van der Waals surface area contributed by atoms with Crippen molar-refractivity contribution < 1.29 is 14.3 Å². The van der Waals surface area contributed by atoms with Crippen molar-refractivity contribution >= 4 is 11.6 Å². The van der Waals surface area contributed by atoms with Gasteiger partial charge in [0, 0.05) is 11.8 Å². The van der Waals surface area contributed by atoms with Gasteiger partial charge in [0.05, 0.1) is 6.20 Å². The van der Waals surface area contributed by atoms with Gasteiger partial charge in [-0.1, -0.05) is 6.07 Å². The molecule has 2 N–H and O–H groups in total. The summed E-state index contributed by atoms with van der Waals surface area (Å²) >= 11 is 0. The molecule has 0 aliphatic rings. The number of oxazole rings is 1. The molecule has 0 radical (unpaired) electrons. The maximum absolute atomic E-state index is 11.6. The number of aromatic nitrogens is 1. The second kappa shape index (κ2) is 4.06. The molecule has 1 aromatic carbocycles. The Morgan fingerprint density at radius 3 is 2.94 bits per heavy atom. The van der Waals surface area contributed by atoms with E-state index in [0.717, 1.165) is 0 Å². The molecule has 2 aromatic rings. The predicted molar refractivity (Wildman–Crippen MR) is 57.3 cm³/mol. The summed E-state index contributed by atoms with van der Waals surface area (Å²) in [6.45, 7) is 1.71. The monoisotopic (exact) mass is 218 g/mol. The molecule has 1 aromatic heterocycles. The van der Waals surface area contributed by atoms with Crippen LogP contribution in [0.1, 0.15) is 16.4 Å². The van der Waals surface area contributed by atoms with Gasteiger partial charge in [0.1, 0.15) is 11.5 Å². The molecule has 5 heteroatoms. The Morgan fingerprint density at radius 2 is 2.31 bits per heavy atom. The Kier molecular flexibility index (Phi) is 2.59. The minimum Gasteiger partial charge on any atom is -0.508 e. The standard InChI is InChI=1S/C11H10N2O3/c1-7-6-12-11(16-7)10(15)13-8-3-2-4-9(14)5-8/h2-6,14H,1H3,(H,13,15). The van der Waals surface area contributed by atoms with Crippen LogP contribution in [0.3, 0.4) is 0 Å². The number of benzene rings is 1. The Morgan fingerprint density at radius 1 is 1.50 bits per heavy atom. The molecule has 0 saturated carbocycles. The number of rotatable bonds is 2. The number of aromatic hydroxyl groups is 1. The molecular formula is C11H10N2O3. The number of hydrogen-bond acceptors (Lipinski definition) is 4. The normalized spacial score (nSPS) is 10.1. The van der Waals surface area contributed by atoms with Gasteiger partial charge in [0.25, 0.3) is 5.89 Å². The molecule has 0 bridgehead atoms. The van der Waals surface area contributed by atoms with Crippen molar-refractivity contribution in [2.75, 3.05) is 5.32 Å². The van der Waals surface area contributed by atoms with Crippen molar-refractivity contribution in [1.29, 1.82) is 0 Å². The summed E-state index contributed by atoms with van der Waals surface area (Å²) in [5, 5.41) is 11.8. The largest absolute Gasteiger partial charge is 0.508 e. The van der Waals surface area contributed by atoms with Crippen molar-refractivity contribution in [3.63, 3.8) is 0 Å². The van der Waals surface area contributed by atoms with Crippen molar-refractivity contribution in [1.82, 2.24) is 4.98 Å². The highest BCUT2D eigenvalue weighted by Gasteiger charge is 2.11. The first-order valence-corrected chi connectivity index (χ1v) is 4.68. The number of amides is 1. The lowest BCUT2D eigenvalue weighted by atomic mass is 10.3. The molecule has 0 aliphatic carbocycles. The van der Waals surface area contributed by atoms with E-state index in [0.29, 0.717) is 11.4 Å². The predicted octanol–water partition coefficient (Wildman–Crippen LogP) is 1.94. The number of nitrogens with one attached hydrogen (secondary N) is 1. The summed E-state index contributed by atoms with van der Waals surface area (Å²) in [7, 11) is 0. The number of carbonyl (C=O) groups is 1. The molecule has 0 fully saturated rings. The van der Waals surface area contributed by atoms with Gasteiger partial charge in [0.2, 0.25) is 0 Å². The fraction of sp³-hybridized carbons (Fsp3) is 0.0909. The first-order chi connectivity index (χ1) is 7.65. The molecule has 2 rings (SSSR count). The summed E-state index contributed by atoms with van der Waals surface area (Å²) in [6, 6.07) is 6.25. The van der Waals surface area contributed by atoms with Gasteiger partial charge in [-0.3, -0.25) is 4.79 Å². The Balaban J connectivity index is 2.13. The van der Waals surface area contributed by atoms with Crippen molar-refractivity contribution in [3.05, 3.63) is 42.1 Å². The van der Waals surface area contributed by atoms with E-state index in [1.807, 2.05) is 0 Å². The van der Waals surface area contributed by atoms with Crippen LogP contribution in [0.15, 0.2) is 34.9 Å². The summed E-state index contributed by atoms with van der Waals surface area (Å²) in [5.41, 5.74) is 0.487. The van der Waals surface area contributed by atoms with Crippen LogP contribution in [-0.4, -0.2) is 16.0 Å². The van der Waals surface area contributed by atoms with Crippen LogP contribution in [0, 0.1) is 6.92 Å². The second-order valence-electron chi connectivity index (χ2n) is 3.28. The zero-order chi connectivity index (χ0) is 11.5. The van der Waals surface area contributed by atoms with Crippen molar-refractivity contribution in [2.45, 2.75) is 6.92 Å². The fourth-order valence-electron chi connectivity index (χ4n) is 1.23. The van der Waals surface area contributed by atoms with E-state index in [2.05, 4.69) is 10.3 Å². The molecule has 0 saturated heterocycles. The average molecular weight is 218 g/mol. The summed E-state index contributed by atoms with van der Waals surface area (Å²) < 4.78 is 5.06. The van der Waals surface area contributed by atoms with Crippen molar-refractivity contribution in [2.24, 2.45) is 0 Å². The van der Waals surface area contributed by atoms with E-state index in [1.54, 1.807) is 19.1 Å². The van der Waals surface area contributed by atoms with E-state index in [4.69, 9.17) is 4.42 Å². The number of phenolic OH excluding ortho intramolecular Hbond substituents is 1. The van der Waals surface area contributed by atoms with Gasteiger partial charge in [-0.05, 0) is 19.1 Å². The number of anilines is 1. The van der Waals surface area contributed by atoms with Gasteiger partial charge in [-0.15, -0.1) is 0 Å². The van der Waals surface area contributed by atoms with Crippen LogP contribution in [0.5, 0.6) is 5.75 Å². The molecule has 0 aliphatic heterocycles. The number of nitrogens with zero attached hydrogens (tertiary/aromatic N) is 1. The molecular weight excluding hydrogens is 208 g/mol. The first-order valence-electron chi connectivity index (χ1n) is 4.68. The fourth-order valence-corrected chi connectivity index (χ4v) is 1.23. The van der Waals surface area contributed by atoms with Crippen LogP contribution in [0.4, 0.5) is 5.69 Å². The van der Waals surface area contributed by atoms with E-state index in [9.17, 15) is 9.90 Å². The van der Waals surface area contributed by atoms with Gasteiger partial charge in [0.15, 0.2) is 0 Å². The molecule has 1 heterocycles. The van der Waals surface area contributed by atoms with Gasteiger partial charge >= 0.3 is 5.91 Å². The lowest BCUT2D eigenvalue weighted by molar-refractivity contribution is 0.0989. The summed E-state index contributed by atoms with van der Waals surface area (Å²) in [4.78, 5) is 15.4. The summed E-state index contributed by atoms with van der Waals surface area (Å²) in [5.74, 6) is 0.210. The van der Waals surface area contributed by atoms with E-state index in [-0.39, 0.29) is 11.6 Å². The Labute approximate surface area is 91.7 Å². The van der Waals surface area contributed by atoms with Gasteiger partial charge < -0.3 is 14.8 Å². The number of aryl methyl sites for hydroxylation is 1. The maximum atomic E-state index is 11.6. The molecule has 5 nitrogen and oxygen atoms in total. The minimum atomic E-state index is -0.446. The van der Waals surface area contributed by atoms with Crippen LogP contribution in [0.25, 0.3) is 0 Å². The highest BCUT2D eigenvalue weighted by molar-refractivity contribution is 6.00. The third-order valence-electron chi connectivity index (χ3n) is 1.92. The van der Waals surface area contributed by atoms with E-state index >= 15 is 0 Å². The Hall–Kier alpha value is -2.30. The topological polar surface area (TPSA) is 75.4 Å². The van der Waals surface area contributed by atoms with Crippen LogP contribution in [0.2, 0.25) is 0 Å². The summed E-state index contributed by atoms with van der Waals surface area (Å²) in [6.07, 6.45) is 1.47. The molecule has 82 valence electrons. The van der Waals surface area contributed by atoms with Gasteiger partial charge in [-0.2, -0.15) is 0 Å². The third-order valence-corrected chi connectivity index (χ3v) is 1.92. The van der Waals surface area contributed by atoms with E-state index in [1.165, 1.54) is 18.3 Å². The average Bonchev–Trinajstić information content (AvgIpc) is 2.65. The molecule has 1 amide bonds. The first kappa shape index (κ1) is 10.2. The molecule has 0 atom stereocenters. The Bertz CT molecular complexity index is 519. The highest BCUT2D eigenvalue weighted by atomic mass is 16.4. The molecule has 0 spiro atoms. The molecule has 16 heavy (non-hydrogen) atoms. The highest BCUT2D eigenvalue weighted by Crippen LogP contribution is 2.16. The molecule has 0 unspecified atom stereocenters. The second-order valence-corrected chi connectivity index (χ2v) is 3.28. The minimum absolute atomic E-state index is 0.000780.